The van der Waals surface area contributed by atoms with Crippen molar-refractivity contribution in [1.29, 1.82) is 0 Å². The van der Waals surface area contributed by atoms with Crippen LogP contribution in [-0.4, -0.2) is 11.8 Å². The largest absolute Gasteiger partial charge is 0.452 e. The summed E-state index contributed by atoms with van der Waals surface area (Å²) in [6, 6.07) is 7.06. The summed E-state index contributed by atoms with van der Waals surface area (Å²) in [4.78, 5) is 24.3. The first-order valence-corrected chi connectivity index (χ1v) is 7.24. The quantitative estimate of drug-likeness (QED) is 0.483. The molecule has 0 N–H and O–H groups in total. The third-order valence-electron chi connectivity index (χ3n) is 3.11. The number of hydrogen-bond acceptors (Lipinski definition) is 5. The van der Waals surface area contributed by atoms with Crippen molar-refractivity contribution in [2.24, 2.45) is 0 Å². The van der Waals surface area contributed by atoms with E-state index in [1.807, 2.05) is 17.5 Å². The molecule has 1 aromatic carbocycles. The van der Waals surface area contributed by atoms with Crippen LogP contribution in [0.5, 0.6) is 11.5 Å². The van der Waals surface area contributed by atoms with Gasteiger partial charge in [-0.15, -0.1) is 11.3 Å². The standard InChI is InChI=1S/C16H12O4S/c1-9-13(19-10(2)17)6-5-12-15(18)14(20-16(9)12)8-11-4-3-7-21-11/h3-8H,1-2H3/b14-8-. The molecule has 0 aliphatic carbocycles. The molecule has 4 nitrogen and oxygen atoms in total. The number of Topliss-reactive ketones (excluding diaryl/α,β-unsaturated/α-hetero) is 1. The Morgan fingerprint density at radius 2 is 2.14 bits per heavy atom. The second kappa shape index (κ2) is 5.18. The normalized spacial score (nSPS) is 15.0. The minimum absolute atomic E-state index is 0.157. The van der Waals surface area contributed by atoms with Gasteiger partial charge in [-0.05, 0) is 30.5 Å². The molecular weight excluding hydrogens is 288 g/mol. The molecule has 1 aromatic heterocycles. The van der Waals surface area contributed by atoms with Crippen LogP contribution in [0.25, 0.3) is 6.08 Å². The van der Waals surface area contributed by atoms with Crippen molar-refractivity contribution >= 4 is 29.2 Å². The van der Waals surface area contributed by atoms with Crippen LogP contribution in [0.4, 0.5) is 0 Å². The summed E-state index contributed by atoms with van der Waals surface area (Å²) in [5, 5.41) is 1.93. The van der Waals surface area contributed by atoms with Crippen molar-refractivity contribution in [3.05, 3.63) is 51.4 Å². The van der Waals surface area contributed by atoms with Crippen molar-refractivity contribution in [3.8, 4) is 11.5 Å². The fraction of sp³-hybridized carbons (Fsp3) is 0.125. The summed E-state index contributed by atoms with van der Waals surface area (Å²) in [6.45, 7) is 3.10. The smallest absolute Gasteiger partial charge is 0.308 e. The third-order valence-corrected chi connectivity index (χ3v) is 3.93. The molecule has 1 aliphatic heterocycles. The molecule has 0 saturated carbocycles. The van der Waals surface area contributed by atoms with Crippen molar-refractivity contribution < 1.29 is 19.1 Å². The predicted molar refractivity (Wildman–Crippen MR) is 79.7 cm³/mol. The highest BCUT2D eigenvalue weighted by atomic mass is 32.1. The lowest BCUT2D eigenvalue weighted by Gasteiger charge is -2.08. The van der Waals surface area contributed by atoms with E-state index < -0.39 is 5.97 Å². The van der Waals surface area contributed by atoms with Crippen molar-refractivity contribution in [1.82, 2.24) is 0 Å². The van der Waals surface area contributed by atoms with Gasteiger partial charge in [0, 0.05) is 23.4 Å². The van der Waals surface area contributed by atoms with E-state index in [9.17, 15) is 9.59 Å². The number of esters is 1. The molecule has 0 amide bonds. The molecule has 0 spiro atoms. The summed E-state index contributed by atoms with van der Waals surface area (Å²) in [5.41, 5.74) is 1.14. The van der Waals surface area contributed by atoms with Crippen molar-refractivity contribution in [2.45, 2.75) is 13.8 Å². The number of allylic oxidation sites excluding steroid dienone is 1. The molecule has 0 bridgehead atoms. The zero-order valence-corrected chi connectivity index (χ0v) is 12.3. The maximum atomic E-state index is 12.3. The van der Waals surface area contributed by atoms with E-state index in [1.54, 1.807) is 25.1 Å². The Morgan fingerprint density at radius 1 is 1.33 bits per heavy atom. The van der Waals surface area contributed by atoms with E-state index in [0.29, 0.717) is 22.6 Å². The summed E-state index contributed by atoms with van der Waals surface area (Å²) >= 11 is 1.53. The first-order valence-electron chi connectivity index (χ1n) is 6.36. The number of benzene rings is 1. The topological polar surface area (TPSA) is 52.6 Å². The van der Waals surface area contributed by atoms with Crippen LogP contribution in [-0.2, 0) is 4.79 Å². The van der Waals surface area contributed by atoms with Gasteiger partial charge >= 0.3 is 5.97 Å². The molecule has 0 unspecified atom stereocenters. The first-order chi connectivity index (χ1) is 10.1. The Bertz CT molecular complexity index is 757. The molecule has 2 aromatic rings. The first kappa shape index (κ1) is 13.6. The number of ether oxygens (including phenoxy) is 2. The van der Waals surface area contributed by atoms with Gasteiger partial charge in [0.15, 0.2) is 5.76 Å². The highest BCUT2D eigenvalue weighted by Gasteiger charge is 2.30. The molecule has 106 valence electrons. The Kier molecular flexibility index (Phi) is 3.35. The Morgan fingerprint density at radius 3 is 2.81 bits per heavy atom. The number of carbonyl (C=O) groups is 2. The molecule has 3 rings (SSSR count). The number of fused-ring (bicyclic) bond motifs is 1. The highest BCUT2D eigenvalue weighted by Crippen LogP contribution is 2.39. The lowest BCUT2D eigenvalue weighted by Crippen LogP contribution is -2.03. The lowest BCUT2D eigenvalue weighted by molar-refractivity contribution is -0.131. The molecule has 2 heterocycles. The molecule has 0 fully saturated rings. The van der Waals surface area contributed by atoms with Gasteiger partial charge in [0.2, 0.25) is 5.78 Å². The minimum Gasteiger partial charge on any atom is -0.452 e. The number of ketones is 1. The molecule has 0 atom stereocenters. The predicted octanol–water partition coefficient (Wildman–Crippen LogP) is 3.60. The van der Waals surface area contributed by atoms with Crippen LogP contribution in [0.15, 0.2) is 35.4 Å². The Labute approximate surface area is 125 Å². The van der Waals surface area contributed by atoms with Gasteiger partial charge in [-0.2, -0.15) is 0 Å². The molecule has 21 heavy (non-hydrogen) atoms. The summed E-state index contributed by atoms with van der Waals surface area (Å²) in [7, 11) is 0. The zero-order chi connectivity index (χ0) is 15.0. The summed E-state index contributed by atoms with van der Waals surface area (Å²) in [6.07, 6.45) is 1.72. The van der Waals surface area contributed by atoms with Crippen molar-refractivity contribution in [3.63, 3.8) is 0 Å². The van der Waals surface area contributed by atoms with E-state index in [1.165, 1.54) is 18.3 Å². The Balaban J connectivity index is 1.99. The van der Waals surface area contributed by atoms with Gasteiger partial charge in [-0.1, -0.05) is 6.07 Å². The number of rotatable bonds is 2. The van der Waals surface area contributed by atoms with Gasteiger partial charge in [0.05, 0.1) is 5.56 Å². The number of carbonyl (C=O) groups excluding carboxylic acids is 2. The van der Waals surface area contributed by atoms with Crippen LogP contribution in [0, 0.1) is 6.92 Å². The summed E-state index contributed by atoms with van der Waals surface area (Å²) in [5.74, 6) is 0.594. The zero-order valence-electron chi connectivity index (χ0n) is 11.5. The van der Waals surface area contributed by atoms with Gasteiger partial charge < -0.3 is 9.47 Å². The van der Waals surface area contributed by atoms with E-state index in [2.05, 4.69) is 0 Å². The van der Waals surface area contributed by atoms with E-state index in [-0.39, 0.29) is 11.5 Å². The number of hydrogen-bond donors (Lipinski definition) is 0. The Hall–Kier alpha value is -2.40. The molecular formula is C16H12O4S. The monoisotopic (exact) mass is 300 g/mol. The van der Waals surface area contributed by atoms with Crippen LogP contribution < -0.4 is 9.47 Å². The fourth-order valence-corrected chi connectivity index (χ4v) is 2.78. The molecule has 5 heteroatoms. The van der Waals surface area contributed by atoms with E-state index >= 15 is 0 Å². The molecule has 1 aliphatic rings. The number of thiophene rings is 1. The van der Waals surface area contributed by atoms with Gasteiger partial charge in [0.25, 0.3) is 0 Å². The van der Waals surface area contributed by atoms with Crippen LogP contribution >= 0.6 is 11.3 Å². The van der Waals surface area contributed by atoms with Crippen LogP contribution in [0.3, 0.4) is 0 Å². The lowest BCUT2D eigenvalue weighted by atomic mass is 10.1. The minimum atomic E-state index is -0.406. The third kappa shape index (κ3) is 2.48. The van der Waals surface area contributed by atoms with Crippen LogP contribution in [0.2, 0.25) is 0 Å². The average molecular weight is 300 g/mol. The average Bonchev–Trinajstić information content (AvgIpc) is 3.04. The van der Waals surface area contributed by atoms with Gasteiger partial charge in [0.1, 0.15) is 11.5 Å². The molecule has 0 saturated heterocycles. The van der Waals surface area contributed by atoms with Crippen LogP contribution in [0.1, 0.15) is 27.7 Å². The second-order valence-electron chi connectivity index (χ2n) is 4.61. The molecule has 0 radical (unpaired) electrons. The second-order valence-corrected chi connectivity index (χ2v) is 5.59. The highest BCUT2D eigenvalue weighted by molar-refractivity contribution is 7.10. The van der Waals surface area contributed by atoms with Crippen molar-refractivity contribution in [2.75, 3.05) is 0 Å². The van der Waals surface area contributed by atoms with E-state index in [4.69, 9.17) is 9.47 Å². The van der Waals surface area contributed by atoms with E-state index in [0.717, 1.165) is 4.88 Å². The maximum absolute atomic E-state index is 12.3. The summed E-state index contributed by atoms with van der Waals surface area (Å²) < 4.78 is 10.8. The SMILES string of the molecule is CC(=O)Oc1ccc2c(c1C)O/C(=C\c1cccs1)C2=O. The van der Waals surface area contributed by atoms with Gasteiger partial charge in [-0.3, -0.25) is 9.59 Å². The maximum Gasteiger partial charge on any atom is 0.308 e. The van der Waals surface area contributed by atoms with Gasteiger partial charge in [-0.25, -0.2) is 0 Å². The fourth-order valence-electron chi connectivity index (χ4n) is 2.14.